The second-order valence-electron chi connectivity index (χ2n) is 5.15. The highest BCUT2D eigenvalue weighted by Crippen LogP contribution is 2.41. The summed E-state index contributed by atoms with van der Waals surface area (Å²) in [6.45, 7) is 0. The molecule has 0 radical (unpaired) electrons. The molecule has 0 saturated heterocycles. The summed E-state index contributed by atoms with van der Waals surface area (Å²) in [6.07, 6.45) is 3.29. The van der Waals surface area contributed by atoms with Gasteiger partial charge >= 0.3 is 5.97 Å². The third kappa shape index (κ3) is 2.08. The first kappa shape index (κ1) is 12.4. The van der Waals surface area contributed by atoms with E-state index in [1.165, 1.54) is 5.56 Å². The molecule has 98 valence electrons. The average molecular weight is 272 g/mol. The Hall–Kier alpha value is -1.61. The second kappa shape index (κ2) is 4.82. The molecule has 0 spiro atoms. The Morgan fingerprint density at radius 1 is 1.26 bits per heavy atom. The lowest BCUT2D eigenvalue weighted by atomic mass is 9.68. The van der Waals surface area contributed by atoms with E-state index in [9.17, 15) is 9.90 Å². The van der Waals surface area contributed by atoms with Crippen LogP contribution in [0.4, 0.5) is 0 Å². The molecule has 1 aliphatic carbocycles. The number of rotatable bonds is 3. The number of thiophene rings is 1. The standard InChI is InChI=1S/C16H16O2S/c17-15(18)16(11-13-7-4-10-19-13)9-3-6-12-5-1-2-8-14(12)16/h1-2,4-5,7-8,10H,3,6,9,11H2,(H,17,18). The van der Waals surface area contributed by atoms with Crippen molar-refractivity contribution >= 4 is 17.3 Å². The van der Waals surface area contributed by atoms with E-state index in [1.807, 2.05) is 35.7 Å². The maximum absolute atomic E-state index is 12.0. The topological polar surface area (TPSA) is 37.3 Å². The van der Waals surface area contributed by atoms with Crippen LogP contribution in [0.3, 0.4) is 0 Å². The number of aryl methyl sites for hydroxylation is 1. The van der Waals surface area contributed by atoms with Gasteiger partial charge in [0.25, 0.3) is 0 Å². The number of hydrogen-bond donors (Lipinski definition) is 1. The van der Waals surface area contributed by atoms with Crippen molar-refractivity contribution < 1.29 is 9.90 Å². The zero-order valence-corrected chi connectivity index (χ0v) is 11.5. The van der Waals surface area contributed by atoms with E-state index >= 15 is 0 Å². The molecule has 1 heterocycles. The third-order valence-electron chi connectivity index (χ3n) is 4.05. The van der Waals surface area contributed by atoms with Crippen molar-refractivity contribution in [3.8, 4) is 0 Å². The molecule has 1 aromatic carbocycles. The van der Waals surface area contributed by atoms with Crippen LogP contribution in [0.2, 0.25) is 0 Å². The van der Waals surface area contributed by atoms with Gasteiger partial charge in [-0.15, -0.1) is 11.3 Å². The fourth-order valence-corrected chi connectivity index (χ4v) is 3.93. The molecule has 19 heavy (non-hydrogen) atoms. The molecule has 1 atom stereocenters. The lowest BCUT2D eigenvalue weighted by Gasteiger charge is -2.35. The SMILES string of the molecule is O=C(O)C1(Cc2cccs2)CCCc2ccccc21. The molecule has 0 amide bonds. The Kier molecular flexibility index (Phi) is 3.15. The number of carboxylic acid groups (broad SMARTS) is 1. The minimum atomic E-state index is -0.736. The fourth-order valence-electron chi connectivity index (χ4n) is 3.11. The van der Waals surface area contributed by atoms with Crippen LogP contribution < -0.4 is 0 Å². The Morgan fingerprint density at radius 3 is 2.84 bits per heavy atom. The number of benzene rings is 1. The molecule has 0 aliphatic heterocycles. The summed E-state index contributed by atoms with van der Waals surface area (Å²) < 4.78 is 0. The van der Waals surface area contributed by atoms with Crippen LogP contribution in [-0.2, 0) is 23.1 Å². The van der Waals surface area contributed by atoms with E-state index in [4.69, 9.17) is 0 Å². The van der Waals surface area contributed by atoms with Crippen LogP contribution in [0, 0.1) is 0 Å². The Labute approximate surface area is 116 Å². The number of aliphatic carboxylic acids is 1. The molecular weight excluding hydrogens is 256 g/mol. The second-order valence-corrected chi connectivity index (χ2v) is 6.19. The molecule has 2 nitrogen and oxygen atoms in total. The van der Waals surface area contributed by atoms with E-state index in [-0.39, 0.29) is 0 Å². The van der Waals surface area contributed by atoms with Crippen molar-refractivity contribution in [2.24, 2.45) is 0 Å². The summed E-state index contributed by atoms with van der Waals surface area (Å²) in [5.74, 6) is -0.687. The van der Waals surface area contributed by atoms with E-state index in [2.05, 4.69) is 6.07 Å². The largest absolute Gasteiger partial charge is 0.481 e. The first-order valence-electron chi connectivity index (χ1n) is 6.56. The van der Waals surface area contributed by atoms with Gasteiger partial charge in [0.05, 0.1) is 5.41 Å². The van der Waals surface area contributed by atoms with E-state index in [0.717, 1.165) is 29.7 Å². The average Bonchev–Trinajstić information content (AvgIpc) is 2.91. The van der Waals surface area contributed by atoms with Crippen molar-refractivity contribution in [2.45, 2.75) is 31.1 Å². The molecular formula is C16H16O2S. The predicted molar refractivity (Wildman–Crippen MR) is 76.7 cm³/mol. The van der Waals surface area contributed by atoms with Gasteiger partial charge in [0.1, 0.15) is 0 Å². The van der Waals surface area contributed by atoms with Gasteiger partial charge in [0.2, 0.25) is 0 Å². The summed E-state index contributed by atoms with van der Waals surface area (Å²) in [4.78, 5) is 13.1. The lowest BCUT2D eigenvalue weighted by Crippen LogP contribution is -2.41. The van der Waals surface area contributed by atoms with Crippen molar-refractivity contribution in [3.05, 3.63) is 57.8 Å². The van der Waals surface area contributed by atoms with Crippen molar-refractivity contribution in [1.82, 2.24) is 0 Å². The molecule has 1 aromatic heterocycles. The maximum Gasteiger partial charge on any atom is 0.314 e. The molecule has 3 rings (SSSR count). The van der Waals surface area contributed by atoms with Gasteiger partial charge in [0.15, 0.2) is 0 Å². The molecule has 3 heteroatoms. The Morgan fingerprint density at radius 2 is 2.11 bits per heavy atom. The normalized spacial score (nSPS) is 21.9. The predicted octanol–water partition coefficient (Wildman–Crippen LogP) is 3.65. The zero-order valence-electron chi connectivity index (χ0n) is 10.6. The van der Waals surface area contributed by atoms with Gasteiger partial charge in [-0.3, -0.25) is 4.79 Å². The van der Waals surface area contributed by atoms with Crippen LogP contribution in [0.15, 0.2) is 41.8 Å². The quantitative estimate of drug-likeness (QED) is 0.926. The molecule has 1 unspecified atom stereocenters. The van der Waals surface area contributed by atoms with Crippen molar-refractivity contribution in [1.29, 1.82) is 0 Å². The summed E-state index contributed by atoms with van der Waals surface area (Å²) in [6, 6.07) is 12.0. The van der Waals surface area contributed by atoms with E-state index in [1.54, 1.807) is 11.3 Å². The minimum absolute atomic E-state index is 0.608. The summed E-state index contributed by atoms with van der Waals surface area (Å²) in [5, 5.41) is 11.9. The lowest BCUT2D eigenvalue weighted by molar-refractivity contribution is -0.144. The highest BCUT2D eigenvalue weighted by molar-refractivity contribution is 7.09. The first-order chi connectivity index (χ1) is 9.22. The van der Waals surface area contributed by atoms with E-state index < -0.39 is 11.4 Å². The summed E-state index contributed by atoms with van der Waals surface area (Å²) >= 11 is 1.64. The number of carboxylic acids is 1. The summed E-state index contributed by atoms with van der Waals surface area (Å²) in [5.41, 5.74) is 1.48. The number of fused-ring (bicyclic) bond motifs is 1. The van der Waals surface area contributed by atoms with Crippen LogP contribution in [0.1, 0.15) is 28.8 Å². The molecule has 0 saturated carbocycles. The van der Waals surface area contributed by atoms with Crippen LogP contribution in [0.5, 0.6) is 0 Å². The number of hydrogen-bond acceptors (Lipinski definition) is 2. The minimum Gasteiger partial charge on any atom is -0.481 e. The zero-order chi connectivity index (χ0) is 13.3. The van der Waals surface area contributed by atoms with Gasteiger partial charge in [-0.1, -0.05) is 30.3 Å². The highest BCUT2D eigenvalue weighted by atomic mass is 32.1. The third-order valence-corrected chi connectivity index (χ3v) is 4.92. The number of carbonyl (C=O) groups is 1. The van der Waals surface area contributed by atoms with Crippen molar-refractivity contribution in [2.75, 3.05) is 0 Å². The monoisotopic (exact) mass is 272 g/mol. The molecule has 0 fully saturated rings. The maximum atomic E-state index is 12.0. The first-order valence-corrected chi connectivity index (χ1v) is 7.44. The van der Waals surface area contributed by atoms with E-state index in [0.29, 0.717) is 6.42 Å². The Bertz CT molecular complexity index is 589. The molecule has 1 aliphatic rings. The van der Waals surface area contributed by atoms with Gasteiger partial charge in [-0.25, -0.2) is 0 Å². The van der Waals surface area contributed by atoms with Gasteiger partial charge < -0.3 is 5.11 Å². The van der Waals surface area contributed by atoms with Gasteiger partial charge in [0, 0.05) is 11.3 Å². The van der Waals surface area contributed by atoms with Crippen LogP contribution in [0.25, 0.3) is 0 Å². The molecule has 0 bridgehead atoms. The van der Waals surface area contributed by atoms with Gasteiger partial charge in [-0.05, 0) is 41.8 Å². The highest BCUT2D eigenvalue weighted by Gasteiger charge is 2.43. The fraction of sp³-hybridized carbons (Fsp3) is 0.312. The molecule has 2 aromatic rings. The summed E-state index contributed by atoms with van der Waals surface area (Å²) in [7, 11) is 0. The van der Waals surface area contributed by atoms with Crippen molar-refractivity contribution in [3.63, 3.8) is 0 Å². The smallest absolute Gasteiger partial charge is 0.314 e. The Balaban J connectivity index is 2.09. The van der Waals surface area contributed by atoms with Crippen LogP contribution >= 0.6 is 11.3 Å². The molecule has 1 N–H and O–H groups in total. The van der Waals surface area contributed by atoms with Crippen LogP contribution in [-0.4, -0.2) is 11.1 Å². The van der Waals surface area contributed by atoms with Gasteiger partial charge in [-0.2, -0.15) is 0 Å².